The lowest BCUT2D eigenvalue weighted by molar-refractivity contribution is 0.530. The zero-order valence-corrected chi connectivity index (χ0v) is 14.3. The van der Waals surface area contributed by atoms with Gasteiger partial charge in [-0.1, -0.05) is 12.2 Å². The highest BCUT2D eigenvalue weighted by Crippen LogP contribution is 2.42. The molecule has 2 nitrogen and oxygen atoms in total. The van der Waals surface area contributed by atoms with Crippen LogP contribution in [-0.2, 0) is 11.5 Å². The minimum atomic E-state index is 0.837. The van der Waals surface area contributed by atoms with Crippen molar-refractivity contribution >= 4 is 58.4 Å². The molecule has 0 aliphatic heterocycles. The Morgan fingerprint density at radius 1 is 0.900 bits per heavy atom. The predicted molar refractivity (Wildman–Crippen MR) is 89.6 cm³/mol. The van der Waals surface area contributed by atoms with E-state index in [1.165, 1.54) is 8.42 Å². The zero-order valence-electron chi connectivity index (χ0n) is 10.2. The van der Waals surface area contributed by atoms with Gasteiger partial charge in [0.1, 0.15) is 14.7 Å². The van der Waals surface area contributed by atoms with Crippen molar-refractivity contribution in [1.29, 1.82) is 0 Å². The van der Waals surface area contributed by atoms with Crippen LogP contribution < -0.4 is 0 Å². The van der Waals surface area contributed by atoms with Crippen LogP contribution in [0.25, 0.3) is 0 Å². The van der Waals surface area contributed by atoms with E-state index in [2.05, 4.69) is 0 Å². The number of thioether (sulfide) groups is 2. The van der Waals surface area contributed by atoms with Crippen molar-refractivity contribution in [3.05, 3.63) is 51.4 Å². The Bertz CT molecular complexity index is 635. The van der Waals surface area contributed by atoms with Crippen molar-refractivity contribution in [2.24, 2.45) is 0 Å². The van der Waals surface area contributed by atoms with Crippen LogP contribution in [-0.4, -0.2) is 0 Å². The van der Waals surface area contributed by atoms with Gasteiger partial charge < -0.3 is 8.83 Å². The fourth-order valence-corrected chi connectivity index (χ4v) is 7.41. The summed E-state index contributed by atoms with van der Waals surface area (Å²) < 4.78 is 14.2. The van der Waals surface area contributed by atoms with E-state index in [9.17, 15) is 0 Å². The van der Waals surface area contributed by atoms with Crippen LogP contribution >= 0.6 is 58.4 Å². The molecule has 20 heavy (non-hydrogen) atoms. The summed E-state index contributed by atoms with van der Waals surface area (Å²) in [5.41, 5.74) is 0. The highest BCUT2D eigenvalue weighted by molar-refractivity contribution is 8.04. The minimum Gasteiger partial charge on any atom is -0.468 e. The topological polar surface area (TPSA) is 26.3 Å². The minimum absolute atomic E-state index is 0.837. The summed E-state index contributed by atoms with van der Waals surface area (Å²) in [6.45, 7) is 0. The van der Waals surface area contributed by atoms with E-state index >= 15 is 0 Å². The first-order chi connectivity index (χ1) is 9.81. The Kier molecular flexibility index (Phi) is 5.06. The molecule has 0 aliphatic rings. The predicted octanol–water partition coefficient (Wildman–Crippen LogP) is 6.31. The molecule has 104 valence electrons. The molecule has 0 unspecified atom stereocenters. The van der Waals surface area contributed by atoms with Gasteiger partial charge in [0.25, 0.3) is 0 Å². The van der Waals surface area contributed by atoms with Crippen molar-refractivity contribution in [3.8, 4) is 0 Å². The largest absolute Gasteiger partial charge is 0.468 e. The van der Waals surface area contributed by atoms with E-state index in [4.69, 9.17) is 21.1 Å². The molecular formula is C13H10O2S5. The van der Waals surface area contributed by atoms with Crippen molar-refractivity contribution < 1.29 is 8.83 Å². The summed E-state index contributed by atoms with van der Waals surface area (Å²) in [5, 5.41) is 0. The average molecular weight is 359 g/mol. The summed E-state index contributed by atoms with van der Waals surface area (Å²) in [7, 11) is 0. The fraction of sp³-hybridized carbons (Fsp3) is 0.154. The lowest BCUT2D eigenvalue weighted by Crippen LogP contribution is -1.76. The summed E-state index contributed by atoms with van der Waals surface area (Å²) in [5.74, 6) is 3.65. The zero-order chi connectivity index (χ0) is 13.8. The molecule has 0 atom stereocenters. The van der Waals surface area contributed by atoms with E-state index in [0.29, 0.717) is 0 Å². The molecule has 0 aromatic carbocycles. The second kappa shape index (κ2) is 7.00. The second-order valence-electron chi connectivity index (χ2n) is 3.77. The van der Waals surface area contributed by atoms with Gasteiger partial charge in [-0.05, 0) is 24.3 Å². The quantitative estimate of drug-likeness (QED) is 0.380. The molecule has 0 amide bonds. The normalized spacial score (nSPS) is 11.0. The molecule has 0 spiro atoms. The number of hydrogen-bond donors (Lipinski definition) is 0. The molecule has 0 radical (unpaired) electrons. The molecule has 0 saturated heterocycles. The number of furan rings is 2. The number of rotatable bonds is 6. The molecule has 3 heterocycles. The maximum atomic E-state index is 5.36. The lowest BCUT2D eigenvalue weighted by Gasteiger charge is -2.00. The van der Waals surface area contributed by atoms with Crippen LogP contribution in [0, 0.1) is 3.14 Å². The van der Waals surface area contributed by atoms with Gasteiger partial charge in [-0.3, -0.25) is 0 Å². The third kappa shape index (κ3) is 3.79. The van der Waals surface area contributed by atoms with E-state index in [1.807, 2.05) is 24.3 Å². The third-order valence-electron chi connectivity index (χ3n) is 2.37. The first kappa shape index (κ1) is 14.5. The standard InChI is InChI=1S/C13H10O2S5/c16-13-19-11(17-7-9-3-1-5-14-9)12(20-13)18-8-10-4-2-6-15-10/h1-6H,7-8H2. The maximum absolute atomic E-state index is 5.36. The molecule has 7 heteroatoms. The Balaban J connectivity index is 1.66. The lowest BCUT2D eigenvalue weighted by atomic mass is 10.5. The van der Waals surface area contributed by atoms with Gasteiger partial charge in [0.15, 0.2) is 0 Å². The number of hydrogen-bond acceptors (Lipinski definition) is 7. The summed E-state index contributed by atoms with van der Waals surface area (Å²) >= 11 is 12.2. The molecule has 0 aliphatic carbocycles. The van der Waals surface area contributed by atoms with E-state index in [0.717, 1.165) is 26.2 Å². The first-order valence-electron chi connectivity index (χ1n) is 5.75. The summed E-state index contributed by atoms with van der Waals surface area (Å²) in [4.78, 5) is 0. The molecule has 3 aromatic rings. The monoisotopic (exact) mass is 358 g/mol. The van der Waals surface area contributed by atoms with Gasteiger partial charge in [0, 0.05) is 0 Å². The van der Waals surface area contributed by atoms with Crippen molar-refractivity contribution in [1.82, 2.24) is 0 Å². The van der Waals surface area contributed by atoms with E-state index < -0.39 is 0 Å². The third-order valence-corrected chi connectivity index (χ3v) is 8.00. The van der Waals surface area contributed by atoms with E-state index in [-0.39, 0.29) is 0 Å². The highest BCUT2D eigenvalue weighted by Gasteiger charge is 2.11. The Morgan fingerprint density at radius 3 is 1.80 bits per heavy atom. The van der Waals surface area contributed by atoms with Gasteiger partial charge in [-0.15, -0.1) is 46.2 Å². The fourth-order valence-electron chi connectivity index (χ4n) is 1.50. The maximum Gasteiger partial charge on any atom is 0.145 e. The molecule has 3 rings (SSSR count). The summed E-state index contributed by atoms with van der Waals surface area (Å²) in [6.07, 6.45) is 3.41. The summed E-state index contributed by atoms with van der Waals surface area (Å²) in [6, 6.07) is 7.82. The molecule has 0 saturated carbocycles. The van der Waals surface area contributed by atoms with Crippen LogP contribution in [0.1, 0.15) is 11.5 Å². The molecule has 0 fully saturated rings. The van der Waals surface area contributed by atoms with Crippen LogP contribution in [0.5, 0.6) is 0 Å². The Morgan fingerprint density at radius 2 is 1.40 bits per heavy atom. The van der Waals surface area contributed by atoms with Gasteiger partial charge in [0.2, 0.25) is 0 Å². The van der Waals surface area contributed by atoms with Gasteiger partial charge in [-0.25, -0.2) is 0 Å². The Hall–Kier alpha value is -0.470. The van der Waals surface area contributed by atoms with E-state index in [1.54, 1.807) is 58.7 Å². The van der Waals surface area contributed by atoms with Gasteiger partial charge >= 0.3 is 0 Å². The van der Waals surface area contributed by atoms with Crippen molar-refractivity contribution in [2.75, 3.05) is 0 Å². The van der Waals surface area contributed by atoms with Crippen molar-refractivity contribution in [2.45, 2.75) is 19.9 Å². The SMILES string of the molecule is S=c1sc(SCc2ccco2)c(SCc2ccco2)s1. The molecule has 0 bridgehead atoms. The van der Waals surface area contributed by atoms with Crippen LogP contribution in [0.2, 0.25) is 0 Å². The van der Waals surface area contributed by atoms with Crippen molar-refractivity contribution in [3.63, 3.8) is 0 Å². The highest BCUT2D eigenvalue weighted by atomic mass is 32.2. The van der Waals surface area contributed by atoms with Crippen LogP contribution in [0.15, 0.2) is 54.0 Å². The van der Waals surface area contributed by atoms with Gasteiger partial charge in [0.05, 0.1) is 32.5 Å². The molecule has 3 aromatic heterocycles. The second-order valence-corrected chi connectivity index (χ2v) is 9.48. The molecule has 0 N–H and O–H groups in total. The van der Waals surface area contributed by atoms with Crippen LogP contribution in [0.4, 0.5) is 0 Å². The smallest absolute Gasteiger partial charge is 0.145 e. The first-order valence-corrected chi connectivity index (χ1v) is 9.77. The Labute approximate surface area is 138 Å². The van der Waals surface area contributed by atoms with Crippen LogP contribution in [0.3, 0.4) is 0 Å². The average Bonchev–Trinajstić information content (AvgIpc) is 3.16. The molecular weight excluding hydrogens is 348 g/mol. The van der Waals surface area contributed by atoms with Gasteiger partial charge in [-0.2, -0.15) is 0 Å².